The van der Waals surface area contributed by atoms with Crippen molar-refractivity contribution in [3.63, 3.8) is 0 Å². The van der Waals surface area contributed by atoms with Crippen molar-refractivity contribution in [1.82, 2.24) is 5.32 Å². The fourth-order valence-corrected chi connectivity index (χ4v) is 2.41. The Morgan fingerprint density at radius 3 is 2.75 bits per heavy atom. The van der Waals surface area contributed by atoms with Crippen LogP contribution in [0.15, 0.2) is 24.3 Å². The van der Waals surface area contributed by atoms with E-state index in [2.05, 4.69) is 31.3 Å². The summed E-state index contributed by atoms with van der Waals surface area (Å²) in [5, 5.41) is 13.0. The zero-order valence-electron chi connectivity index (χ0n) is 12.5. The summed E-state index contributed by atoms with van der Waals surface area (Å²) in [6.45, 7) is 4.80. The SMILES string of the molecule is CCC(C#N)(CCCOc1ccccc1C)NC1CC1. The predicted octanol–water partition coefficient (Wildman–Crippen LogP) is 3.58. The van der Waals surface area contributed by atoms with Gasteiger partial charge >= 0.3 is 0 Å². The van der Waals surface area contributed by atoms with E-state index in [1.165, 1.54) is 12.8 Å². The molecule has 108 valence electrons. The monoisotopic (exact) mass is 272 g/mol. The Morgan fingerprint density at radius 2 is 2.15 bits per heavy atom. The first-order chi connectivity index (χ1) is 9.69. The van der Waals surface area contributed by atoms with Crippen LogP contribution >= 0.6 is 0 Å². The van der Waals surface area contributed by atoms with E-state index in [4.69, 9.17) is 4.74 Å². The number of nitrogens with one attached hydrogen (secondary N) is 1. The van der Waals surface area contributed by atoms with Gasteiger partial charge in [0, 0.05) is 6.04 Å². The number of benzene rings is 1. The second-order valence-electron chi connectivity index (χ2n) is 5.68. The van der Waals surface area contributed by atoms with Gasteiger partial charge in [0.15, 0.2) is 0 Å². The smallest absolute Gasteiger partial charge is 0.122 e. The Hall–Kier alpha value is -1.53. The Bertz CT molecular complexity index is 476. The highest BCUT2D eigenvalue weighted by Gasteiger charge is 2.34. The maximum Gasteiger partial charge on any atom is 0.122 e. The maximum atomic E-state index is 9.46. The number of hydrogen-bond donors (Lipinski definition) is 1. The number of ether oxygens (including phenoxy) is 1. The van der Waals surface area contributed by atoms with Gasteiger partial charge < -0.3 is 4.74 Å². The highest BCUT2D eigenvalue weighted by Crippen LogP contribution is 2.27. The first-order valence-corrected chi connectivity index (χ1v) is 7.56. The topological polar surface area (TPSA) is 45.0 Å². The molecule has 0 heterocycles. The zero-order valence-corrected chi connectivity index (χ0v) is 12.5. The van der Waals surface area contributed by atoms with Gasteiger partial charge in [0.2, 0.25) is 0 Å². The molecule has 0 saturated heterocycles. The van der Waals surface area contributed by atoms with Crippen LogP contribution in [0.3, 0.4) is 0 Å². The van der Waals surface area contributed by atoms with E-state index < -0.39 is 0 Å². The van der Waals surface area contributed by atoms with Crippen LogP contribution in [0.25, 0.3) is 0 Å². The van der Waals surface area contributed by atoms with Crippen LogP contribution in [-0.2, 0) is 0 Å². The molecule has 0 radical (unpaired) electrons. The highest BCUT2D eigenvalue weighted by atomic mass is 16.5. The van der Waals surface area contributed by atoms with E-state index in [0.29, 0.717) is 12.6 Å². The van der Waals surface area contributed by atoms with Crippen molar-refractivity contribution < 1.29 is 4.74 Å². The first-order valence-electron chi connectivity index (χ1n) is 7.56. The standard InChI is InChI=1S/C17H24N2O/c1-3-17(13-18,19-15-9-10-15)11-6-12-20-16-8-5-4-7-14(16)2/h4-5,7-8,15,19H,3,6,9-12H2,1-2H3. The summed E-state index contributed by atoms with van der Waals surface area (Å²) in [5.74, 6) is 0.946. The number of para-hydroxylation sites is 1. The minimum absolute atomic E-state index is 0.365. The largest absolute Gasteiger partial charge is 0.493 e. The van der Waals surface area contributed by atoms with Crippen molar-refractivity contribution in [1.29, 1.82) is 5.26 Å². The fraction of sp³-hybridized carbons (Fsp3) is 0.588. The van der Waals surface area contributed by atoms with Gasteiger partial charge in [0.05, 0.1) is 12.7 Å². The quantitative estimate of drug-likeness (QED) is 0.736. The van der Waals surface area contributed by atoms with E-state index in [9.17, 15) is 5.26 Å². The summed E-state index contributed by atoms with van der Waals surface area (Å²) in [6, 6.07) is 11.1. The molecule has 1 aliphatic rings. The molecule has 0 bridgehead atoms. The third kappa shape index (κ3) is 3.98. The lowest BCUT2D eigenvalue weighted by atomic mass is 9.92. The van der Waals surface area contributed by atoms with Gasteiger partial charge in [-0.2, -0.15) is 5.26 Å². The van der Waals surface area contributed by atoms with E-state index in [0.717, 1.165) is 30.6 Å². The summed E-state index contributed by atoms with van der Waals surface area (Å²) in [7, 11) is 0. The van der Waals surface area contributed by atoms with Gasteiger partial charge in [-0.3, -0.25) is 5.32 Å². The van der Waals surface area contributed by atoms with Gasteiger partial charge in [-0.05, 0) is 50.7 Å². The third-order valence-electron chi connectivity index (χ3n) is 3.97. The number of nitriles is 1. The number of rotatable bonds is 8. The molecule has 3 nitrogen and oxygen atoms in total. The van der Waals surface area contributed by atoms with Crippen LogP contribution in [0.2, 0.25) is 0 Å². The lowest BCUT2D eigenvalue weighted by Gasteiger charge is -2.26. The molecule has 1 aromatic carbocycles. The molecular formula is C17H24N2O. The minimum Gasteiger partial charge on any atom is -0.493 e. The lowest BCUT2D eigenvalue weighted by Crippen LogP contribution is -2.44. The lowest BCUT2D eigenvalue weighted by molar-refractivity contribution is 0.274. The molecule has 1 aromatic rings. The molecule has 1 aliphatic carbocycles. The average Bonchev–Trinajstić information content (AvgIpc) is 3.28. The van der Waals surface area contributed by atoms with Crippen LogP contribution < -0.4 is 10.1 Å². The summed E-state index contributed by atoms with van der Waals surface area (Å²) in [4.78, 5) is 0. The number of nitrogens with zero attached hydrogens (tertiary/aromatic N) is 1. The van der Waals surface area contributed by atoms with Gasteiger partial charge in [0.25, 0.3) is 0 Å². The molecule has 1 atom stereocenters. The Balaban J connectivity index is 1.79. The van der Waals surface area contributed by atoms with Crippen molar-refractivity contribution >= 4 is 0 Å². The number of hydrogen-bond acceptors (Lipinski definition) is 3. The van der Waals surface area contributed by atoms with Gasteiger partial charge in [-0.1, -0.05) is 25.1 Å². The second-order valence-corrected chi connectivity index (χ2v) is 5.68. The molecule has 0 amide bonds. The van der Waals surface area contributed by atoms with Crippen LogP contribution in [0.1, 0.15) is 44.6 Å². The van der Waals surface area contributed by atoms with Crippen LogP contribution in [0.4, 0.5) is 0 Å². The van der Waals surface area contributed by atoms with Gasteiger partial charge in [0.1, 0.15) is 11.3 Å². The normalized spacial score (nSPS) is 17.2. The minimum atomic E-state index is -0.365. The van der Waals surface area contributed by atoms with Crippen LogP contribution in [0, 0.1) is 18.3 Å². The van der Waals surface area contributed by atoms with E-state index in [-0.39, 0.29) is 5.54 Å². The average molecular weight is 272 g/mol. The summed E-state index contributed by atoms with van der Waals surface area (Å²) in [6.07, 6.45) is 5.02. The molecule has 2 rings (SSSR count). The van der Waals surface area contributed by atoms with Crippen molar-refractivity contribution in [3.8, 4) is 11.8 Å². The van der Waals surface area contributed by atoms with Crippen LogP contribution in [0.5, 0.6) is 5.75 Å². The Labute approximate surface area is 121 Å². The molecule has 0 aromatic heterocycles. The molecule has 1 saturated carbocycles. The van der Waals surface area contributed by atoms with Crippen molar-refractivity contribution in [2.24, 2.45) is 0 Å². The second kappa shape index (κ2) is 6.76. The Morgan fingerprint density at radius 1 is 1.40 bits per heavy atom. The molecule has 0 spiro atoms. The van der Waals surface area contributed by atoms with E-state index in [1.807, 2.05) is 18.2 Å². The third-order valence-corrected chi connectivity index (χ3v) is 3.97. The molecule has 1 N–H and O–H groups in total. The molecule has 1 fully saturated rings. The summed E-state index contributed by atoms with van der Waals surface area (Å²) < 4.78 is 5.80. The molecule has 3 heteroatoms. The fourth-order valence-electron chi connectivity index (χ4n) is 2.41. The Kier molecular flexibility index (Phi) is 5.03. The van der Waals surface area contributed by atoms with Crippen molar-refractivity contribution in [2.75, 3.05) is 6.61 Å². The van der Waals surface area contributed by atoms with Crippen molar-refractivity contribution in [3.05, 3.63) is 29.8 Å². The first kappa shape index (κ1) is 14.9. The van der Waals surface area contributed by atoms with Crippen LogP contribution in [-0.4, -0.2) is 18.2 Å². The molecule has 20 heavy (non-hydrogen) atoms. The van der Waals surface area contributed by atoms with Gasteiger partial charge in [-0.25, -0.2) is 0 Å². The number of aryl methyl sites for hydroxylation is 1. The molecule has 0 aliphatic heterocycles. The predicted molar refractivity (Wildman–Crippen MR) is 80.7 cm³/mol. The maximum absolute atomic E-state index is 9.46. The zero-order chi connectivity index (χ0) is 14.4. The molecule has 1 unspecified atom stereocenters. The molecular weight excluding hydrogens is 248 g/mol. The summed E-state index contributed by atoms with van der Waals surface area (Å²) in [5.41, 5.74) is 0.793. The van der Waals surface area contributed by atoms with Crippen molar-refractivity contribution in [2.45, 2.75) is 57.5 Å². The van der Waals surface area contributed by atoms with Gasteiger partial charge in [-0.15, -0.1) is 0 Å². The van der Waals surface area contributed by atoms with E-state index >= 15 is 0 Å². The van der Waals surface area contributed by atoms with E-state index in [1.54, 1.807) is 0 Å². The summed E-state index contributed by atoms with van der Waals surface area (Å²) >= 11 is 0. The highest BCUT2D eigenvalue weighted by molar-refractivity contribution is 5.31.